The van der Waals surface area contributed by atoms with Crippen LogP contribution in [0.4, 0.5) is 18.9 Å². The summed E-state index contributed by atoms with van der Waals surface area (Å²) >= 11 is 0. The Kier molecular flexibility index (Phi) is 6.84. The Hall–Kier alpha value is -3.57. The predicted octanol–water partition coefficient (Wildman–Crippen LogP) is 6.95. The van der Waals surface area contributed by atoms with E-state index < -0.39 is 18.3 Å². The minimum absolute atomic E-state index is 0.194. The molecule has 36 heavy (non-hydrogen) atoms. The van der Waals surface area contributed by atoms with Gasteiger partial charge in [-0.05, 0) is 41.2 Å². The molecule has 1 heterocycles. The fourth-order valence-electron chi connectivity index (χ4n) is 5.42. The summed E-state index contributed by atoms with van der Waals surface area (Å²) < 4.78 is 41.0. The van der Waals surface area contributed by atoms with Gasteiger partial charge in [-0.25, -0.2) is 0 Å². The summed E-state index contributed by atoms with van der Waals surface area (Å²) in [6.45, 7) is -0.720. The molecule has 0 radical (unpaired) electrons. The second-order valence-electron chi connectivity index (χ2n) is 9.35. The lowest BCUT2D eigenvalue weighted by Gasteiger charge is -2.41. The lowest BCUT2D eigenvalue weighted by molar-refractivity contribution is -0.119. The number of alkyl halides is 3. The number of aryl methyl sites for hydroxylation is 1. The Bertz CT molecular complexity index is 1160. The first kappa shape index (κ1) is 24.1. The predicted molar refractivity (Wildman–Crippen MR) is 139 cm³/mol. The summed E-state index contributed by atoms with van der Waals surface area (Å²) in [6.07, 6.45) is -2.87. The SMILES string of the molecule is FC(F)(F)CN1CC(NC(c2ccccc2)(c2ccccc2)c2ccccc2)CCc2ccccc21. The third kappa shape index (κ3) is 5.02. The molecule has 5 rings (SSSR count). The number of halogens is 3. The van der Waals surface area contributed by atoms with Gasteiger partial charge in [0, 0.05) is 18.3 Å². The van der Waals surface area contributed by atoms with Gasteiger partial charge < -0.3 is 4.90 Å². The average molecular weight is 487 g/mol. The molecule has 184 valence electrons. The molecule has 4 aromatic rings. The van der Waals surface area contributed by atoms with E-state index in [0.29, 0.717) is 12.1 Å². The quantitative estimate of drug-likeness (QED) is 0.297. The van der Waals surface area contributed by atoms with Gasteiger partial charge >= 0.3 is 6.18 Å². The molecule has 0 amide bonds. The van der Waals surface area contributed by atoms with E-state index in [1.54, 1.807) is 0 Å². The Morgan fingerprint density at radius 3 is 1.64 bits per heavy atom. The van der Waals surface area contributed by atoms with Crippen LogP contribution in [0.5, 0.6) is 0 Å². The lowest BCUT2D eigenvalue weighted by atomic mass is 9.76. The first-order chi connectivity index (χ1) is 17.5. The number of rotatable bonds is 6. The van der Waals surface area contributed by atoms with E-state index in [1.165, 1.54) is 4.90 Å². The largest absolute Gasteiger partial charge is 0.405 e. The molecule has 0 spiro atoms. The first-order valence-corrected chi connectivity index (χ1v) is 12.3. The summed E-state index contributed by atoms with van der Waals surface area (Å²) in [7, 11) is 0. The van der Waals surface area contributed by atoms with Crippen molar-refractivity contribution in [3.8, 4) is 0 Å². The smallest absolute Gasteiger partial charge is 0.361 e. The average Bonchev–Trinajstić information content (AvgIpc) is 3.07. The van der Waals surface area contributed by atoms with Crippen LogP contribution < -0.4 is 10.2 Å². The number of hydrogen-bond donors (Lipinski definition) is 1. The van der Waals surface area contributed by atoms with Crippen molar-refractivity contribution in [2.24, 2.45) is 0 Å². The molecule has 1 aliphatic rings. The molecule has 2 nitrogen and oxygen atoms in total. The molecule has 4 aromatic carbocycles. The highest BCUT2D eigenvalue weighted by atomic mass is 19.4. The maximum absolute atomic E-state index is 13.7. The highest BCUT2D eigenvalue weighted by molar-refractivity contribution is 5.56. The summed E-state index contributed by atoms with van der Waals surface area (Å²) in [5.41, 5.74) is 4.04. The molecule has 0 bridgehead atoms. The lowest BCUT2D eigenvalue weighted by Crippen LogP contribution is -2.53. The standard InChI is InChI=1S/C31H29F3N2/c32-30(33,34)23-36-22-28(21-20-24-12-10-11-19-29(24)36)35-31(25-13-4-1-5-14-25,26-15-6-2-7-16-26)27-17-8-3-9-18-27/h1-19,28,35H,20-23H2. The van der Waals surface area contributed by atoms with E-state index in [1.807, 2.05) is 78.9 Å². The van der Waals surface area contributed by atoms with Gasteiger partial charge in [0.15, 0.2) is 0 Å². The molecule has 0 aliphatic carbocycles. The number of nitrogens with one attached hydrogen (secondary N) is 1. The molecule has 0 fully saturated rings. The summed E-state index contributed by atoms with van der Waals surface area (Å²) in [4.78, 5) is 1.49. The van der Waals surface area contributed by atoms with Crippen LogP contribution in [0.3, 0.4) is 0 Å². The molecule has 0 aromatic heterocycles. The second kappa shape index (κ2) is 10.2. The number of para-hydroxylation sites is 1. The van der Waals surface area contributed by atoms with Crippen LogP contribution in [0.2, 0.25) is 0 Å². The van der Waals surface area contributed by atoms with E-state index in [4.69, 9.17) is 0 Å². The minimum atomic E-state index is -4.29. The molecule has 1 N–H and O–H groups in total. The van der Waals surface area contributed by atoms with Crippen molar-refractivity contribution in [3.63, 3.8) is 0 Å². The maximum atomic E-state index is 13.7. The van der Waals surface area contributed by atoms with Gasteiger partial charge in [-0.1, -0.05) is 109 Å². The van der Waals surface area contributed by atoms with E-state index >= 15 is 0 Å². The number of fused-ring (bicyclic) bond motifs is 1. The number of nitrogens with zero attached hydrogens (tertiary/aromatic N) is 1. The van der Waals surface area contributed by atoms with Crippen LogP contribution in [0.15, 0.2) is 115 Å². The summed E-state index contributed by atoms with van der Waals surface area (Å²) in [6, 6.07) is 37.8. The van der Waals surface area contributed by atoms with Gasteiger partial charge in [0.25, 0.3) is 0 Å². The Morgan fingerprint density at radius 2 is 1.14 bits per heavy atom. The van der Waals surface area contributed by atoms with Crippen molar-refractivity contribution in [3.05, 3.63) is 138 Å². The zero-order valence-corrected chi connectivity index (χ0v) is 20.0. The molecule has 5 heteroatoms. The third-order valence-corrected chi connectivity index (χ3v) is 6.95. The third-order valence-electron chi connectivity index (χ3n) is 6.95. The summed E-state index contributed by atoms with van der Waals surface area (Å²) in [5.74, 6) is 0. The van der Waals surface area contributed by atoms with Crippen LogP contribution in [0.1, 0.15) is 28.7 Å². The normalized spacial score (nSPS) is 16.3. The highest BCUT2D eigenvalue weighted by Crippen LogP contribution is 2.39. The van der Waals surface area contributed by atoms with Gasteiger partial charge in [0.05, 0.1) is 5.54 Å². The van der Waals surface area contributed by atoms with Crippen molar-refractivity contribution in [1.82, 2.24) is 5.32 Å². The molecule has 1 atom stereocenters. The van der Waals surface area contributed by atoms with Gasteiger partial charge in [0.1, 0.15) is 6.54 Å². The maximum Gasteiger partial charge on any atom is 0.405 e. The van der Waals surface area contributed by atoms with Gasteiger partial charge in [-0.3, -0.25) is 5.32 Å². The molecule has 1 aliphatic heterocycles. The van der Waals surface area contributed by atoms with Crippen LogP contribution in [0.25, 0.3) is 0 Å². The summed E-state index contributed by atoms with van der Waals surface area (Å²) in [5, 5.41) is 3.90. The second-order valence-corrected chi connectivity index (χ2v) is 9.35. The fraction of sp³-hybridized carbons (Fsp3) is 0.226. The van der Waals surface area contributed by atoms with Crippen LogP contribution >= 0.6 is 0 Å². The van der Waals surface area contributed by atoms with Crippen molar-refractivity contribution in [2.45, 2.75) is 30.6 Å². The first-order valence-electron chi connectivity index (χ1n) is 12.3. The molecule has 0 saturated heterocycles. The fourth-order valence-corrected chi connectivity index (χ4v) is 5.42. The molecular formula is C31H29F3N2. The Labute approximate surface area is 210 Å². The van der Waals surface area contributed by atoms with Crippen LogP contribution in [0, 0.1) is 0 Å². The monoisotopic (exact) mass is 486 g/mol. The minimum Gasteiger partial charge on any atom is -0.361 e. The van der Waals surface area contributed by atoms with Gasteiger partial charge in [-0.2, -0.15) is 13.2 Å². The Morgan fingerprint density at radius 1 is 0.667 bits per heavy atom. The van der Waals surface area contributed by atoms with E-state index in [9.17, 15) is 13.2 Å². The van der Waals surface area contributed by atoms with Crippen LogP contribution in [-0.4, -0.2) is 25.3 Å². The zero-order chi connectivity index (χ0) is 25.0. The van der Waals surface area contributed by atoms with E-state index in [-0.39, 0.29) is 12.6 Å². The zero-order valence-electron chi connectivity index (χ0n) is 20.0. The number of anilines is 1. The molecule has 1 unspecified atom stereocenters. The van der Waals surface area contributed by atoms with Gasteiger partial charge in [-0.15, -0.1) is 0 Å². The van der Waals surface area contributed by atoms with E-state index in [2.05, 4.69) is 41.7 Å². The van der Waals surface area contributed by atoms with Gasteiger partial charge in [0.2, 0.25) is 0 Å². The van der Waals surface area contributed by atoms with Crippen molar-refractivity contribution >= 4 is 5.69 Å². The Balaban J connectivity index is 1.62. The number of hydrogen-bond acceptors (Lipinski definition) is 2. The van der Waals surface area contributed by atoms with E-state index in [0.717, 1.165) is 28.7 Å². The van der Waals surface area contributed by atoms with Crippen LogP contribution in [-0.2, 0) is 12.0 Å². The number of benzene rings is 4. The topological polar surface area (TPSA) is 15.3 Å². The van der Waals surface area contributed by atoms with Crippen molar-refractivity contribution < 1.29 is 13.2 Å². The van der Waals surface area contributed by atoms with Crippen molar-refractivity contribution in [2.75, 3.05) is 18.0 Å². The molecule has 0 saturated carbocycles. The van der Waals surface area contributed by atoms with Crippen molar-refractivity contribution in [1.29, 1.82) is 0 Å². The molecular weight excluding hydrogens is 457 g/mol. The highest BCUT2D eigenvalue weighted by Gasteiger charge is 2.40.